The highest BCUT2D eigenvalue weighted by atomic mass is 79.9. The van der Waals surface area contributed by atoms with E-state index in [1.807, 2.05) is 6.92 Å². The minimum absolute atomic E-state index is 0.0439. The molecule has 0 fully saturated rings. The van der Waals surface area contributed by atoms with Gasteiger partial charge in [-0.25, -0.2) is 4.68 Å². The molecule has 0 aliphatic heterocycles. The molecule has 160 valence electrons. The van der Waals surface area contributed by atoms with Gasteiger partial charge in [0.05, 0.1) is 4.47 Å². The Morgan fingerprint density at radius 1 is 1.23 bits per heavy atom. The van der Waals surface area contributed by atoms with E-state index in [1.54, 1.807) is 28.9 Å². The topological polar surface area (TPSA) is 95.1 Å². The maximum Gasteiger partial charge on any atom is 0.573 e. The molecule has 0 radical (unpaired) electrons. The van der Waals surface area contributed by atoms with Crippen molar-refractivity contribution in [2.45, 2.75) is 19.8 Å². The Bertz CT molecular complexity index is 1270. The first-order chi connectivity index (χ1) is 14.7. The molecule has 0 spiro atoms. The highest BCUT2D eigenvalue weighted by Crippen LogP contribution is 2.33. The molecule has 4 aromatic rings. The third-order valence-electron chi connectivity index (χ3n) is 4.25. The van der Waals surface area contributed by atoms with E-state index in [-0.39, 0.29) is 10.2 Å². The maximum absolute atomic E-state index is 12.6. The van der Waals surface area contributed by atoms with Gasteiger partial charge >= 0.3 is 6.36 Å². The van der Waals surface area contributed by atoms with E-state index in [0.29, 0.717) is 29.3 Å². The van der Waals surface area contributed by atoms with Crippen molar-refractivity contribution in [3.63, 3.8) is 0 Å². The molecule has 0 saturated heterocycles. The van der Waals surface area contributed by atoms with Crippen LogP contribution >= 0.6 is 15.9 Å². The van der Waals surface area contributed by atoms with Gasteiger partial charge in [-0.2, -0.15) is 0 Å². The van der Waals surface area contributed by atoms with Gasteiger partial charge in [-0.3, -0.25) is 4.79 Å². The lowest BCUT2D eigenvalue weighted by Crippen LogP contribution is -2.17. The van der Waals surface area contributed by atoms with Crippen molar-refractivity contribution in [1.82, 2.24) is 20.2 Å². The number of alkyl halides is 3. The number of fused-ring (bicyclic) bond motifs is 1. The molecule has 4 rings (SSSR count). The van der Waals surface area contributed by atoms with Gasteiger partial charge in [0.15, 0.2) is 5.76 Å². The number of nitrogens with one attached hydrogen (secondary N) is 1. The molecule has 2 aromatic carbocycles. The van der Waals surface area contributed by atoms with Gasteiger partial charge in [-0.15, -0.1) is 18.3 Å². The van der Waals surface area contributed by atoms with Gasteiger partial charge in [-0.05, 0) is 69.7 Å². The van der Waals surface area contributed by atoms with E-state index in [1.165, 1.54) is 12.1 Å². The highest BCUT2D eigenvalue weighted by molar-refractivity contribution is 9.10. The van der Waals surface area contributed by atoms with Crippen molar-refractivity contribution >= 4 is 38.5 Å². The molecule has 0 unspecified atom stereocenters. The summed E-state index contributed by atoms with van der Waals surface area (Å²) in [5, 5.41) is 14.8. The Hall–Kier alpha value is -3.41. The van der Waals surface area contributed by atoms with Crippen molar-refractivity contribution in [3.05, 3.63) is 52.5 Å². The van der Waals surface area contributed by atoms with Crippen LogP contribution in [0.3, 0.4) is 0 Å². The molecule has 0 aliphatic carbocycles. The average molecular weight is 496 g/mol. The zero-order valence-corrected chi connectivity index (χ0v) is 17.4. The van der Waals surface area contributed by atoms with Crippen LogP contribution in [0.2, 0.25) is 0 Å². The number of nitrogens with zero attached hydrogens (tertiary/aromatic N) is 4. The van der Waals surface area contributed by atoms with Crippen molar-refractivity contribution in [2.24, 2.45) is 0 Å². The van der Waals surface area contributed by atoms with Crippen molar-refractivity contribution in [3.8, 4) is 17.3 Å². The number of halogens is 4. The molecule has 1 amide bonds. The van der Waals surface area contributed by atoms with Gasteiger partial charge in [-0.1, -0.05) is 6.07 Å². The zero-order valence-electron chi connectivity index (χ0n) is 15.8. The fourth-order valence-electron chi connectivity index (χ4n) is 2.87. The summed E-state index contributed by atoms with van der Waals surface area (Å²) >= 11 is 3.00. The normalized spacial score (nSPS) is 11.6. The molecular formula is C19H13BrF3N5O3. The number of anilines is 1. The van der Waals surface area contributed by atoms with Crippen molar-refractivity contribution < 1.29 is 27.1 Å². The number of carbonyl (C=O) groups is 1. The van der Waals surface area contributed by atoms with Gasteiger partial charge < -0.3 is 14.5 Å². The van der Waals surface area contributed by atoms with Gasteiger partial charge in [0.2, 0.25) is 5.82 Å². The Labute approximate surface area is 181 Å². The SMILES string of the molecule is CCn1nnnc1-c1cc2ccc(C(=O)Nc3ccc(OC(F)(F)F)c(Br)c3)cc2o1. The zero-order chi connectivity index (χ0) is 22.2. The van der Waals surface area contributed by atoms with Crippen LogP contribution in [0.4, 0.5) is 18.9 Å². The lowest BCUT2D eigenvalue weighted by atomic mass is 10.1. The first-order valence-corrected chi connectivity index (χ1v) is 9.69. The monoisotopic (exact) mass is 495 g/mol. The molecule has 1 N–H and O–H groups in total. The van der Waals surface area contributed by atoms with E-state index in [2.05, 4.69) is 41.5 Å². The molecular weight excluding hydrogens is 483 g/mol. The summed E-state index contributed by atoms with van der Waals surface area (Å²) in [6, 6.07) is 10.4. The molecule has 8 nitrogen and oxygen atoms in total. The Morgan fingerprint density at radius 3 is 2.74 bits per heavy atom. The van der Waals surface area contributed by atoms with Crippen LogP contribution in [-0.4, -0.2) is 32.5 Å². The summed E-state index contributed by atoms with van der Waals surface area (Å²) in [5.41, 5.74) is 1.05. The van der Waals surface area contributed by atoms with E-state index >= 15 is 0 Å². The molecule has 0 aliphatic rings. The third-order valence-corrected chi connectivity index (χ3v) is 4.87. The highest BCUT2D eigenvalue weighted by Gasteiger charge is 2.32. The average Bonchev–Trinajstić information content (AvgIpc) is 3.34. The van der Waals surface area contributed by atoms with Crippen LogP contribution in [0.1, 0.15) is 17.3 Å². The number of amides is 1. The first kappa shape index (κ1) is 20.8. The molecule has 0 bridgehead atoms. The van der Waals surface area contributed by atoms with E-state index < -0.39 is 18.0 Å². The fourth-order valence-corrected chi connectivity index (χ4v) is 3.33. The molecule has 12 heteroatoms. The number of rotatable bonds is 5. The summed E-state index contributed by atoms with van der Waals surface area (Å²) in [7, 11) is 0. The second-order valence-corrected chi connectivity index (χ2v) is 7.18. The fraction of sp³-hybridized carbons (Fsp3) is 0.158. The number of carbonyl (C=O) groups excluding carboxylic acids is 1. The number of aryl methyl sites for hydroxylation is 1. The number of benzene rings is 2. The number of hydrogen-bond donors (Lipinski definition) is 1. The number of aromatic nitrogens is 4. The molecule has 0 saturated carbocycles. The number of hydrogen-bond acceptors (Lipinski definition) is 6. The Morgan fingerprint density at radius 2 is 2.03 bits per heavy atom. The third kappa shape index (κ3) is 4.53. The summed E-state index contributed by atoms with van der Waals surface area (Å²) in [6.07, 6.45) is -4.81. The van der Waals surface area contributed by atoms with Gasteiger partial charge in [0.1, 0.15) is 11.3 Å². The second kappa shape index (κ2) is 8.02. The van der Waals surface area contributed by atoms with Gasteiger partial charge in [0, 0.05) is 23.2 Å². The Balaban J connectivity index is 1.55. The lowest BCUT2D eigenvalue weighted by molar-refractivity contribution is -0.274. The van der Waals surface area contributed by atoms with Crippen LogP contribution < -0.4 is 10.1 Å². The summed E-state index contributed by atoms with van der Waals surface area (Å²) < 4.78 is 48.5. The number of furan rings is 1. The maximum atomic E-state index is 12.6. The Kier molecular flexibility index (Phi) is 5.39. The predicted molar refractivity (Wildman–Crippen MR) is 107 cm³/mol. The number of tetrazole rings is 1. The van der Waals surface area contributed by atoms with Crippen LogP contribution in [0.15, 0.2) is 51.4 Å². The molecule has 2 aromatic heterocycles. The smallest absolute Gasteiger partial charge is 0.453 e. The first-order valence-electron chi connectivity index (χ1n) is 8.90. The minimum atomic E-state index is -4.81. The van der Waals surface area contributed by atoms with Crippen LogP contribution in [-0.2, 0) is 6.54 Å². The summed E-state index contributed by atoms with van der Waals surface area (Å²) in [5.74, 6) is 0.0541. The van der Waals surface area contributed by atoms with Crippen LogP contribution in [0.25, 0.3) is 22.6 Å². The lowest BCUT2D eigenvalue weighted by Gasteiger charge is -2.12. The van der Waals surface area contributed by atoms with E-state index in [4.69, 9.17) is 4.42 Å². The van der Waals surface area contributed by atoms with Crippen molar-refractivity contribution in [2.75, 3.05) is 5.32 Å². The van der Waals surface area contributed by atoms with Crippen molar-refractivity contribution in [1.29, 1.82) is 0 Å². The van der Waals surface area contributed by atoms with Crippen LogP contribution in [0.5, 0.6) is 5.75 Å². The van der Waals surface area contributed by atoms with Crippen LogP contribution in [0, 0.1) is 0 Å². The molecule has 31 heavy (non-hydrogen) atoms. The summed E-state index contributed by atoms with van der Waals surface area (Å²) in [6.45, 7) is 2.46. The number of ether oxygens (including phenoxy) is 1. The second-order valence-electron chi connectivity index (χ2n) is 6.33. The van der Waals surface area contributed by atoms with Gasteiger partial charge in [0.25, 0.3) is 5.91 Å². The molecule has 2 heterocycles. The van der Waals surface area contributed by atoms with E-state index in [0.717, 1.165) is 11.5 Å². The quantitative estimate of drug-likeness (QED) is 0.417. The largest absolute Gasteiger partial charge is 0.573 e. The molecule has 0 atom stereocenters. The minimum Gasteiger partial charge on any atom is -0.453 e. The predicted octanol–water partition coefficient (Wildman–Crippen LogP) is 5.02. The summed E-state index contributed by atoms with van der Waals surface area (Å²) in [4.78, 5) is 12.6. The standard InChI is InChI=1S/C19H13BrF3N5O3/c1-2-28-17(25-26-27-28)16-7-10-3-4-11(8-15(10)30-16)18(29)24-12-5-6-14(13(20)9-12)31-19(21,22)23/h3-9H,2H2,1H3,(H,24,29). The van der Waals surface area contributed by atoms with E-state index in [9.17, 15) is 18.0 Å².